The van der Waals surface area contributed by atoms with E-state index >= 15 is 0 Å². The van der Waals surface area contributed by atoms with E-state index in [2.05, 4.69) is 4.90 Å². The Morgan fingerprint density at radius 3 is 2.64 bits per heavy atom. The zero-order valence-electron chi connectivity index (χ0n) is 7.09. The molecule has 0 aliphatic rings. The maximum Gasteiger partial charge on any atom is 0.0765 e. The van der Waals surface area contributed by atoms with E-state index in [4.69, 9.17) is 16.7 Å². The summed E-state index contributed by atoms with van der Waals surface area (Å²) >= 11 is 7.16. The van der Waals surface area contributed by atoms with Crippen LogP contribution in [0.5, 0.6) is 0 Å². The number of nitrogens with zero attached hydrogens (tertiary/aromatic N) is 1. The second-order valence-corrected chi connectivity index (χ2v) is 4.14. The lowest BCUT2D eigenvalue weighted by Gasteiger charge is -2.09. The summed E-state index contributed by atoms with van der Waals surface area (Å²) in [5.74, 6) is 2.15. The van der Waals surface area contributed by atoms with Gasteiger partial charge in [-0.2, -0.15) is 11.8 Å². The molecule has 0 aliphatic carbocycles. The first-order valence-electron chi connectivity index (χ1n) is 3.63. The Hall–Kier alpha value is 0.560. The molecule has 0 aliphatic heterocycles. The number of thioether (sulfide) groups is 1. The summed E-state index contributed by atoms with van der Waals surface area (Å²) in [6.45, 7) is 1.06. The fraction of sp³-hybridized carbons (Fsp3) is 1.00. The molecular formula is C7H16ClNOS. The molecule has 68 valence electrons. The summed E-state index contributed by atoms with van der Waals surface area (Å²) in [6.07, 6.45) is -0.344. The van der Waals surface area contributed by atoms with Crippen LogP contribution in [0.1, 0.15) is 0 Å². The molecule has 11 heavy (non-hydrogen) atoms. The normalized spacial score (nSPS) is 13.9. The van der Waals surface area contributed by atoms with Gasteiger partial charge < -0.3 is 10.0 Å². The maximum atomic E-state index is 9.06. The number of halogens is 1. The first-order valence-corrected chi connectivity index (χ1v) is 5.32. The van der Waals surface area contributed by atoms with Crippen LogP contribution in [0, 0.1) is 0 Å². The Morgan fingerprint density at radius 1 is 1.55 bits per heavy atom. The van der Waals surface area contributed by atoms with Crippen molar-refractivity contribution in [2.75, 3.05) is 38.0 Å². The number of hydrogen-bond donors (Lipinski definition) is 1. The molecule has 0 saturated carbocycles. The van der Waals surface area contributed by atoms with E-state index < -0.39 is 0 Å². The van der Waals surface area contributed by atoms with E-state index in [-0.39, 0.29) is 6.10 Å². The summed E-state index contributed by atoms with van der Waals surface area (Å²) in [5, 5.41) is 9.06. The lowest BCUT2D eigenvalue weighted by Crippen LogP contribution is -2.17. The molecule has 2 nitrogen and oxygen atoms in total. The van der Waals surface area contributed by atoms with Gasteiger partial charge in [0, 0.05) is 23.9 Å². The van der Waals surface area contributed by atoms with Crippen molar-refractivity contribution >= 4 is 23.4 Å². The standard InChI is InChI=1S/C7H16ClNOS/c1-9(2)3-4-11-6-7(10)5-8/h7,10H,3-6H2,1-2H3. The Morgan fingerprint density at radius 2 is 2.18 bits per heavy atom. The Kier molecular flexibility index (Phi) is 7.59. The van der Waals surface area contributed by atoms with Gasteiger partial charge in [-0.05, 0) is 14.1 Å². The Bertz CT molecular complexity index is 92.5. The van der Waals surface area contributed by atoms with Gasteiger partial charge >= 0.3 is 0 Å². The monoisotopic (exact) mass is 197 g/mol. The molecule has 0 heterocycles. The van der Waals surface area contributed by atoms with Gasteiger partial charge in [0.15, 0.2) is 0 Å². The van der Waals surface area contributed by atoms with Gasteiger partial charge in [-0.1, -0.05) is 0 Å². The molecule has 0 bridgehead atoms. The number of alkyl halides is 1. The van der Waals surface area contributed by atoms with Gasteiger partial charge in [0.1, 0.15) is 0 Å². The fourth-order valence-electron chi connectivity index (χ4n) is 0.511. The van der Waals surface area contributed by atoms with E-state index in [1.165, 1.54) is 0 Å². The van der Waals surface area contributed by atoms with E-state index in [9.17, 15) is 0 Å². The number of aliphatic hydroxyl groups excluding tert-OH is 1. The van der Waals surface area contributed by atoms with Gasteiger partial charge in [-0.25, -0.2) is 0 Å². The first-order chi connectivity index (χ1) is 5.16. The van der Waals surface area contributed by atoms with Crippen molar-refractivity contribution < 1.29 is 5.11 Å². The SMILES string of the molecule is CN(C)CCSCC(O)CCl. The van der Waals surface area contributed by atoms with Crippen molar-refractivity contribution in [1.29, 1.82) is 0 Å². The zero-order chi connectivity index (χ0) is 8.69. The third-order valence-corrected chi connectivity index (χ3v) is 2.62. The molecule has 1 unspecified atom stereocenters. The van der Waals surface area contributed by atoms with Crippen molar-refractivity contribution in [3.05, 3.63) is 0 Å². The lowest BCUT2D eigenvalue weighted by atomic mass is 10.5. The molecule has 0 saturated heterocycles. The molecule has 4 heteroatoms. The van der Waals surface area contributed by atoms with Gasteiger partial charge in [0.05, 0.1) is 6.10 Å². The minimum atomic E-state index is -0.344. The molecule has 0 aromatic carbocycles. The van der Waals surface area contributed by atoms with Crippen molar-refractivity contribution in [2.45, 2.75) is 6.10 Å². The van der Waals surface area contributed by atoms with Gasteiger partial charge in [-0.3, -0.25) is 0 Å². The minimum Gasteiger partial charge on any atom is -0.391 e. The predicted octanol–water partition coefficient (Wildman–Crippen LogP) is 0.881. The largest absolute Gasteiger partial charge is 0.391 e. The van der Waals surface area contributed by atoms with Crippen LogP contribution in [0.2, 0.25) is 0 Å². The molecule has 0 fully saturated rings. The van der Waals surface area contributed by atoms with Crippen LogP contribution in [0.4, 0.5) is 0 Å². The highest BCUT2D eigenvalue weighted by atomic mass is 35.5. The molecule has 1 atom stereocenters. The van der Waals surface area contributed by atoms with Crippen molar-refractivity contribution in [1.82, 2.24) is 4.90 Å². The topological polar surface area (TPSA) is 23.5 Å². The van der Waals surface area contributed by atoms with Crippen molar-refractivity contribution in [3.8, 4) is 0 Å². The van der Waals surface area contributed by atoms with Crippen molar-refractivity contribution in [2.24, 2.45) is 0 Å². The average molecular weight is 198 g/mol. The second-order valence-electron chi connectivity index (χ2n) is 2.69. The molecule has 0 aromatic heterocycles. The molecule has 0 rings (SSSR count). The number of aliphatic hydroxyl groups is 1. The molecule has 0 amide bonds. The van der Waals surface area contributed by atoms with E-state index in [1.54, 1.807) is 11.8 Å². The Balaban J connectivity index is 3.01. The van der Waals surface area contributed by atoms with Gasteiger partial charge in [-0.15, -0.1) is 11.6 Å². The highest BCUT2D eigenvalue weighted by molar-refractivity contribution is 7.99. The summed E-state index contributed by atoms with van der Waals surface area (Å²) in [7, 11) is 4.08. The molecule has 0 spiro atoms. The molecule has 0 radical (unpaired) electrons. The maximum absolute atomic E-state index is 9.06. The molecule has 1 N–H and O–H groups in total. The zero-order valence-corrected chi connectivity index (χ0v) is 8.66. The molecule has 0 aromatic rings. The second kappa shape index (κ2) is 7.22. The van der Waals surface area contributed by atoms with Crippen molar-refractivity contribution in [3.63, 3.8) is 0 Å². The van der Waals surface area contributed by atoms with Crippen LogP contribution < -0.4 is 0 Å². The smallest absolute Gasteiger partial charge is 0.0765 e. The van der Waals surface area contributed by atoms with Gasteiger partial charge in [0.2, 0.25) is 0 Å². The van der Waals surface area contributed by atoms with E-state index in [1.807, 2.05) is 14.1 Å². The highest BCUT2D eigenvalue weighted by Gasteiger charge is 2.00. The summed E-state index contributed by atoms with van der Waals surface area (Å²) in [5.41, 5.74) is 0. The highest BCUT2D eigenvalue weighted by Crippen LogP contribution is 2.03. The van der Waals surface area contributed by atoms with Crippen LogP contribution in [-0.2, 0) is 0 Å². The fourth-order valence-corrected chi connectivity index (χ4v) is 1.80. The van der Waals surface area contributed by atoms with E-state index in [0.717, 1.165) is 18.1 Å². The van der Waals surface area contributed by atoms with Crippen LogP contribution in [-0.4, -0.2) is 54.1 Å². The van der Waals surface area contributed by atoms with E-state index in [0.29, 0.717) is 5.88 Å². The minimum absolute atomic E-state index is 0.342. The summed E-state index contributed by atoms with van der Waals surface area (Å²) in [4.78, 5) is 2.13. The number of rotatable bonds is 6. The van der Waals surface area contributed by atoms with Gasteiger partial charge in [0.25, 0.3) is 0 Å². The van der Waals surface area contributed by atoms with Crippen LogP contribution >= 0.6 is 23.4 Å². The van der Waals surface area contributed by atoms with Crippen LogP contribution in [0.3, 0.4) is 0 Å². The quantitative estimate of drug-likeness (QED) is 0.505. The Labute approximate surface area is 77.9 Å². The predicted molar refractivity (Wildman–Crippen MR) is 52.6 cm³/mol. The third kappa shape index (κ3) is 8.47. The summed E-state index contributed by atoms with van der Waals surface area (Å²) in [6, 6.07) is 0. The van der Waals surface area contributed by atoms with Crippen LogP contribution in [0.25, 0.3) is 0 Å². The molecular weight excluding hydrogens is 182 g/mol. The van der Waals surface area contributed by atoms with Crippen LogP contribution in [0.15, 0.2) is 0 Å². The lowest BCUT2D eigenvalue weighted by molar-refractivity contribution is 0.223. The average Bonchev–Trinajstić information content (AvgIpc) is 1.97. The third-order valence-electron chi connectivity index (χ3n) is 1.17. The first kappa shape index (κ1) is 11.6. The summed E-state index contributed by atoms with van der Waals surface area (Å²) < 4.78 is 0. The number of hydrogen-bond acceptors (Lipinski definition) is 3.